The minimum Gasteiger partial charge on any atom is -0.349 e. The van der Waals surface area contributed by atoms with Crippen LogP contribution in [-0.2, 0) is 6.54 Å². The predicted molar refractivity (Wildman–Crippen MR) is 95.1 cm³/mol. The van der Waals surface area contributed by atoms with Gasteiger partial charge in [-0.3, -0.25) is 9.48 Å². The highest BCUT2D eigenvalue weighted by Crippen LogP contribution is 2.13. The zero-order chi connectivity index (χ0) is 17.1. The van der Waals surface area contributed by atoms with Crippen molar-refractivity contribution < 1.29 is 4.79 Å². The fourth-order valence-corrected chi connectivity index (χ4v) is 3.30. The van der Waals surface area contributed by atoms with Crippen LogP contribution in [0.4, 0.5) is 0 Å². The molecule has 2 atom stereocenters. The van der Waals surface area contributed by atoms with Crippen LogP contribution < -0.4 is 10.6 Å². The third-order valence-electron chi connectivity index (χ3n) is 4.73. The van der Waals surface area contributed by atoms with Crippen LogP contribution in [0.2, 0.25) is 0 Å². The summed E-state index contributed by atoms with van der Waals surface area (Å²) in [6, 6.07) is 10.2. The number of carbonyl (C=O) groups is 1. The van der Waals surface area contributed by atoms with Gasteiger partial charge in [0.15, 0.2) is 0 Å². The molecule has 1 amide bonds. The Morgan fingerprint density at radius 2 is 2.21 bits per heavy atom. The van der Waals surface area contributed by atoms with E-state index in [1.165, 1.54) is 0 Å². The van der Waals surface area contributed by atoms with Crippen molar-refractivity contribution in [3.05, 3.63) is 52.8 Å². The van der Waals surface area contributed by atoms with Crippen molar-refractivity contribution in [1.82, 2.24) is 20.4 Å². The molecule has 0 radical (unpaired) electrons. The van der Waals surface area contributed by atoms with Crippen LogP contribution in [0.1, 0.15) is 40.7 Å². The minimum absolute atomic E-state index is 0.0176. The lowest BCUT2D eigenvalue weighted by Crippen LogP contribution is -2.48. The molecule has 0 saturated carbocycles. The molecule has 2 heterocycles. The van der Waals surface area contributed by atoms with E-state index in [1.807, 2.05) is 35.9 Å². The maximum Gasteiger partial charge on any atom is 0.251 e. The van der Waals surface area contributed by atoms with Gasteiger partial charge in [0.25, 0.3) is 5.91 Å². The van der Waals surface area contributed by atoms with Gasteiger partial charge in [0.05, 0.1) is 12.2 Å². The highest BCUT2D eigenvalue weighted by molar-refractivity contribution is 5.94. The number of piperidine rings is 1. The summed E-state index contributed by atoms with van der Waals surface area (Å²) in [5, 5.41) is 11.0. The van der Waals surface area contributed by atoms with E-state index >= 15 is 0 Å². The highest BCUT2D eigenvalue weighted by atomic mass is 16.1. The largest absolute Gasteiger partial charge is 0.349 e. The first kappa shape index (κ1) is 16.7. The number of amides is 1. The van der Waals surface area contributed by atoms with Gasteiger partial charge < -0.3 is 10.6 Å². The van der Waals surface area contributed by atoms with Crippen molar-refractivity contribution in [3.8, 4) is 0 Å². The second-order valence-corrected chi connectivity index (χ2v) is 6.84. The van der Waals surface area contributed by atoms with Crippen LogP contribution in [0.25, 0.3) is 0 Å². The Labute approximate surface area is 143 Å². The third-order valence-corrected chi connectivity index (χ3v) is 4.73. The number of nitrogens with one attached hydrogen (secondary N) is 2. The van der Waals surface area contributed by atoms with E-state index in [0.717, 1.165) is 42.0 Å². The summed E-state index contributed by atoms with van der Waals surface area (Å²) in [4.78, 5) is 12.6. The summed E-state index contributed by atoms with van der Waals surface area (Å²) in [7, 11) is 0. The van der Waals surface area contributed by atoms with E-state index in [9.17, 15) is 4.79 Å². The summed E-state index contributed by atoms with van der Waals surface area (Å²) in [6.07, 6.45) is 0.984. The molecule has 0 aliphatic carbocycles. The second-order valence-electron chi connectivity index (χ2n) is 6.84. The van der Waals surface area contributed by atoms with Gasteiger partial charge >= 0.3 is 0 Å². The molecule has 128 valence electrons. The molecule has 2 aromatic rings. The normalized spacial score (nSPS) is 20.8. The maximum atomic E-state index is 12.6. The number of nitrogens with zero attached hydrogens (tertiary/aromatic N) is 2. The molecular formula is C19H26N4O. The van der Waals surface area contributed by atoms with E-state index in [2.05, 4.69) is 35.6 Å². The molecule has 5 heteroatoms. The molecule has 2 unspecified atom stereocenters. The molecule has 1 saturated heterocycles. The Kier molecular flexibility index (Phi) is 5.00. The zero-order valence-electron chi connectivity index (χ0n) is 14.7. The standard InChI is InChI=1S/C19H26N4O/c1-13-11-20-8-7-18(13)21-19(24)17-6-4-5-16(10-17)12-23-15(3)9-14(2)22-23/h4-6,9-10,13,18,20H,7-8,11-12H2,1-3H3,(H,21,24). The molecule has 1 fully saturated rings. The maximum absolute atomic E-state index is 12.6. The van der Waals surface area contributed by atoms with Gasteiger partial charge in [0.2, 0.25) is 0 Å². The van der Waals surface area contributed by atoms with Crippen molar-refractivity contribution in [2.24, 2.45) is 5.92 Å². The van der Waals surface area contributed by atoms with Crippen LogP contribution in [0, 0.1) is 19.8 Å². The molecule has 2 N–H and O–H groups in total. The number of hydrogen-bond acceptors (Lipinski definition) is 3. The lowest BCUT2D eigenvalue weighted by atomic mass is 9.95. The molecule has 1 aromatic heterocycles. The number of rotatable bonds is 4. The molecule has 0 spiro atoms. The first-order chi connectivity index (χ1) is 11.5. The van der Waals surface area contributed by atoms with Gasteiger partial charge in [0, 0.05) is 17.3 Å². The fraction of sp³-hybridized carbons (Fsp3) is 0.474. The molecule has 1 aliphatic heterocycles. The van der Waals surface area contributed by atoms with Crippen LogP contribution in [0.15, 0.2) is 30.3 Å². The molecular weight excluding hydrogens is 300 g/mol. The topological polar surface area (TPSA) is 59.0 Å². The second kappa shape index (κ2) is 7.18. The summed E-state index contributed by atoms with van der Waals surface area (Å²) in [6.45, 7) is 8.83. The monoisotopic (exact) mass is 326 g/mol. The molecule has 1 aromatic carbocycles. The average molecular weight is 326 g/mol. The lowest BCUT2D eigenvalue weighted by Gasteiger charge is -2.30. The Balaban J connectivity index is 1.70. The Hall–Kier alpha value is -2.14. The van der Waals surface area contributed by atoms with Gasteiger partial charge in [-0.1, -0.05) is 19.1 Å². The van der Waals surface area contributed by atoms with Crippen LogP contribution in [0.5, 0.6) is 0 Å². The summed E-state index contributed by atoms with van der Waals surface area (Å²) >= 11 is 0. The number of hydrogen-bond donors (Lipinski definition) is 2. The van der Waals surface area contributed by atoms with Gasteiger partial charge in [-0.15, -0.1) is 0 Å². The van der Waals surface area contributed by atoms with Crippen molar-refractivity contribution in [3.63, 3.8) is 0 Å². The van der Waals surface area contributed by atoms with Crippen LogP contribution in [0.3, 0.4) is 0 Å². The van der Waals surface area contributed by atoms with Crippen molar-refractivity contribution in [2.45, 2.75) is 39.8 Å². The van der Waals surface area contributed by atoms with Crippen molar-refractivity contribution in [2.75, 3.05) is 13.1 Å². The summed E-state index contributed by atoms with van der Waals surface area (Å²) in [5.74, 6) is 0.476. The molecule has 1 aliphatic rings. The zero-order valence-corrected chi connectivity index (χ0v) is 14.7. The Bertz CT molecular complexity index is 722. The third kappa shape index (κ3) is 3.85. The van der Waals surface area contributed by atoms with Crippen LogP contribution >= 0.6 is 0 Å². The molecule has 24 heavy (non-hydrogen) atoms. The number of benzene rings is 1. The molecule has 5 nitrogen and oxygen atoms in total. The van der Waals surface area contributed by atoms with E-state index in [1.54, 1.807) is 0 Å². The highest BCUT2D eigenvalue weighted by Gasteiger charge is 2.23. The van der Waals surface area contributed by atoms with E-state index < -0.39 is 0 Å². The molecule has 3 rings (SSSR count). The fourth-order valence-electron chi connectivity index (χ4n) is 3.30. The van der Waals surface area contributed by atoms with Gasteiger partial charge in [-0.25, -0.2) is 0 Å². The first-order valence-corrected chi connectivity index (χ1v) is 8.64. The van der Waals surface area contributed by atoms with E-state index in [-0.39, 0.29) is 11.9 Å². The SMILES string of the molecule is Cc1cc(C)n(Cc2cccc(C(=O)NC3CCNCC3C)c2)n1. The lowest BCUT2D eigenvalue weighted by molar-refractivity contribution is 0.0914. The Morgan fingerprint density at radius 3 is 2.92 bits per heavy atom. The molecule has 0 bridgehead atoms. The van der Waals surface area contributed by atoms with E-state index in [0.29, 0.717) is 12.5 Å². The quantitative estimate of drug-likeness (QED) is 0.906. The van der Waals surface area contributed by atoms with Crippen molar-refractivity contribution in [1.29, 1.82) is 0 Å². The predicted octanol–water partition coefficient (Wildman–Crippen LogP) is 2.28. The van der Waals surface area contributed by atoms with Crippen molar-refractivity contribution >= 4 is 5.91 Å². The van der Waals surface area contributed by atoms with E-state index in [4.69, 9.17) is 0 Å². The Morgan fingerprint density at radius 1 is 1.38 bits per heavy atom. The summed E-state index contributed by atoms with van der Waals surface area (Å²) < 4.78 is 1.97. The first-order valence-electron chi connectivity index (χ1n) is 8.64. The van der Waals surface area contributed by atoms with Gasteiger partial charge in [-0.2, -0.15) is 5.10 Å². The number of aromatic nitrogens is 2. The van der Waals surface area contributed by atoms with Gasteiger partial charge in [-0.05, 0) is 63.0 Å². The average Bonchev–Trinajstić information content (AvgIpc) is 2.87. The van der Waals surface area contributed by atoms with Crippen LogP contribution in [-0.4, -0.2) is 34.8 Å². The number of carbonyl (C=O) groups excluding carboxylic acids is 1. The smallest absolute Gasteiger partial charge is 0.251 e. The minimum atomic E-state index is 0.0176. The van der Waals surface area contributed by atoms with Gasteiger partial charge in [0.1, 0.15) is 0 Å². The number of aryl methyl sites for hydroxylation is 2. The summed E-state index contributed by atoms with van der Waals surface area (Å²) in [5.41, 5.74) is 3.96.